The van der Waals surface area contributed by atoms with Crippen molar-refractivity contribution in [2.45, 2.75) is 6.42 Å². The number of oxazole rings is 2. The van der Waals surface area contributed by atoms with Gasteiger partial charge in [0.15, 0.2) is 11.2 Å². The third-order valence-corrected chi connectivity index (χ3v) is 2.98. The highest BCUT2D eigenvalue weighted by molar-refractivity contribution is 5.85. The van der Waals surface area contributed by atoms with Crippen LogP contribution in [0.1, 0.15) is 11.8 Å². The number of hydrogen-bond acceptors (Lipinski definition) is 4. The quantitative estimate of drug-likeness (QED) is 0.559. The fraction of sp³-hybridized carbons (Fsp3) is 0.0667. The van der Waals surface area contributed by atoms with E-state index in [0.717, 1.165) is 22.2 Å². The maximum Gasteiger partial charge on any atom is 0.204 e. The summed E-state index contributed by atoms with van der Waals surface area (Å²) in [5.74, 6) is 1.24. The van der Waals surface area contributed by atoms with Gasteiger partial charge in [-0.2, -0.15) is 0 Å². The van der Waals surface area contributed by atoms with E-state index in [4.69, 9.17) is 8.83 Å². The summed E-state index contributed by atoms with van der Waals surface area (Å²) in [6.45, 7) is 0. The van der Waals surface area contributed by atoms with E-state index < -0.39 is 0 Å². The first-order valence-corrected chi connectivity index (χ1v) is 6.07. The number of halogens is 1. The van der Waals surface area contributed by atoms with Gasteiger partial charge in [0.2, 0.25) is 11.8 Å². The first-order valence-electron chi connectivity index (χ1n) is 6.07. The molecule has 20 heavy (non-hydrogen) atoms. The lowest BCUT2D eigenvalue weighted by Crippen LogP contribution is -1.87. The van der Waals surface area contributed by atoms with Gasteiger partial charge in [0, 0.05) is 0 Å². The molecule has 2 aromatic carbocycles. The molecule has 0 atom stereocenters. The lowest BCUT2D eigenvalue weighted by molar-refractivity contribution is 0.488. The molecule has 4 nitrogen and oxygen atoms in total. The molecule has 0 spiro atoms. The molecule has 0 aliphatic rings. The van der Waals surface area contributed by atoms with Gasteiger partial charge in [0.05, 0.1) is 0 Å². The number of rotatable bonds is 2. The summed E-state index contributed by atoms with van der Waals surface area (Å²) in [6.07, 6.45) is 0.462. The molecule has 100 valence electrons. The average molecular weight is 287 g/mol. The summed E-state index contributed by atoms with van der Waals surface area (Å²) in [4.78, 5) is 8.82. The second-order valence-corrected chi connectivity index (χ2v) is 4.33. The van der Waals surface area contributed by atoms with E-state index in [-0.39, 0.29) is 12.4 Å². The van der Waals surface area contributed by atoms with E-state index in [0.29, 0.717) is 18.2 Å². The summed E-state index contributed by atoms with van der Waals surface area (Å²) >= 11 is 0. The molecule has 0 N–H and O–H groups in total. The van der Waals surface area contributed by atoms with E-state index in [2.05, 4.69) is 9.97 Å². The molecule has 0 fully saturated rings. The summed E-state index contributed by atoms with van der Waals surface area (Å²) < 4.78 is 11.3. The molecule has 0 bridgehead atoms. The minimum absolute atomic E-state index is 0. The van der Waals surface area contributed by atoms with E-state index in [1.165, 1.54) is 0 Å². The van der Waals surface area contributed by atoms with Gasteiger partial charge >= 0.3 is 0 Å². The van der Waals surface area contributed by atoms with Crippen LogP contribution >= 0.6 is 12.4 Å². The molecule has 4 rings (SSSR count). The Bertz CT molecular complexity index is 728. The Morgan fingerprint density at radius 1 is 0.700 bits per heavy atom. The number of aromatic nitrogens is 2. The first-order chi connectivity index (χ1) is 9.38. The summed E-state index contributed by atoms with van der Waals surface area (Å²) in [7, 11) is 0. The third-order valence-electron chi connectivity index (χ3n) is 2.98. The van der Waals surface area contributed by atoms with E-state index in [1.54, 1.807) is 0 Å². The molecule has 4 aromatic rings. The minimum atomic E-state index is 0. The van der Waals surface area contributed by atoms with Gasteiger partial charge in [-0.25, -0.2) is 9.97 Å². The van der Waals surface area contributed by atoms with Crippen LogP contribution in [-0.2, 0) is 6.42 Å². The van der Waals surface area contributed by atoms with Gasteiger partial charge < -0.3 is 8.83 Å². The molecule has 2 heterocycles. The monoisotopic (exact) mass is 286 g/mol. The lowest BCUT2D eigenvalue weighted by Gasteiger charge is -1.87. The average Bonchev–Trinajstić information content (AvgIpc) is 3.00. The van der Waals surface area contributed by atoms with Crippen LogP contribution in [0, 0.1) is 0 Å². The third kappa shape index (κ3) is 2.14. The largest absolute Gasteiger partial charge is 0.440 e. The Morgan fingerprint density at radius 2 is 1.15 bits per heavy atom. The fourth-order valence-corrected chi connectivity index (χ4v) is 2.12. The Hall–Kier alpha value is -2.33. The molecule has 2 aromatic heterocycles. The van der Waals surface area contributed by atoms with Crippen molar-refractivity contribution in [3.05, 3.63) is 60.3 Å². The van der Waals surface area contributed by atoms with Crippen LogP contribution in [0.15, 0.2) is 57.4 Å². The van der Waals surface area contributed by atoms with Gasteiger partial charge in [-0.15, -0.1) is 12.4 Å². The molecule has 0 radical (unpaired) electrons. The number of fused-ring (bicyclic) bond motifs is 2. The van der Waals surface area contributed by atoms with Crippen molar-refractivity contribution in [2.75, 3.05) is 0 Å². The van der Waals surface area contributed by atoms with Crippen LogP contribution in [0.5, 0.6) is 0 Å². The Labute approximate surface area is 120 Å². The normalized spacial score (nSPS) is 10.8. The first kappa shape index (κ1) is 12.7. The Balaban J connectivity index is 0.00000121. The van der Waals surface area contributed by atoms with Crippen LogP contribution in [0.4, 0.5) is 0 Å². The molecule has 0 saturated heterocycles. The predicted octanol–water partition coefficient (Wildman–Crippen LogP) is 3.98. The second-order valence-electron chi connectivity index (χ2n) is 4.33. The zero-order valence-corrected chi connectivity index (χ0v) is 11.3. The van der Waals surface area contributed by atoms with Crippen molar-refractivity contribution in [1.82, 2.24) is 9.97 Å². The molecule has 0 saturated carbocycles. The van der Waals surface area contributed by atoms with Gasteiger partial charge in [-0.3, -0.25) is 0 Å². The highest BCUT2D eigenvalue weighted by Gasteiger charge is 2.11. The summed E-state index contributed by atoms with van der Waals surface area (Å²) in [5.41, 5.74) is 3.28. The van der Waals surface area contributed by atoms with Crippen molar-refractivity contribution < 1.29 is 8.83 Å². The Kier molecular flexibility index (Phi) is 3.16. The second kappa shape index (κ2) is 4.98. The zero-order chi connectivity index (χ0) is 12.7. The van der Waals surface area contributed by atoms with Crippen LogP contribution < -0.4 is 0 Å². The summed E-state index contributed by atoms with van der Waals surface area (Å²) in [5, 5.41) is 0. The smallest absolute Gasteiger partial charge is 0.204 e. The molecule has 0 aliphatic heterocycles. The van der Waals surface area contributed by atoms with Crippen molar-refractivity contribution in [3.63, 3.8) is 0 Å². The van der Waals surface area contributed by atoms with E-state index in [1.807, 2.05) is 48.5 Å². The number of benzene rings is 2. The van der Waals surface area contributed by atoms with Crippen molar-refractivity contribution in [3.8, 4) is 0 Å². The van der Waals surface area contributed by atoms with Crippen LogP contribution in [0.3, 0.4) is 0 Å². The number of hydrogen-bond donors (Lipinski definition) is 0. The maximum atomic E-state index is 5.66. The predicted molar refractivity (Wildman–Crippen MR) is 78.1 cm³/mol. The lowest BCUT2D eigenvalue weighted by atomic mass is 10.3. The van der Waals surface area contributed by atoms with Gasteiger partial charge in [0.25, 0.3) is 0 Å². The van der Waals surface area contributed by atoms with Crippen LogP contribution in [-0.4, -0.2) is 9.97 Å². The minimum Gasteiger partial charge on any atom is -0.440 e. The highest BCUT2D eigenvalue weighted by atomic mass is 35.5. The zero-order valence-electron chi connectivity index (χ0n) is 10.4. The topological polar surface area (TPSA) is 52.1 Å². The van der Waals surface area contributed by atoms with Gasteiger partial charge in [-0.05, 0) is 24.3 Å². The van der Waals surface area contributed by atoms with Crippen LogP contribution in [0.2, 0.25) is 0 Å². The van der Waals surface area contributed by atoms with Crippen molar-refractivity contribution in [2.24, 2.45) is 0 Å². The molecule has 0 aliphatic carbocycles. The maximum absolute atomic E-state index is 5.66. The molecular formula is C15H11ClN2O2. The SMILES string of the molecule is Cl.c1ccc2oc(Cc3nc4ccccc4o3)nc2c1. The molecule has 0 unspecified atom stereocenters. The number of para-hydroxylation sites is 4. The van der Waals surface area contributed by atoms with Crippen molar-refractivity contribution >= 4 is 34.6 Å². The summed E-state index contributed by atoms with van der Waals surface area (Å²) in [6, 6.07) is 15.4. The highest BCUT2D eigenvalue weighted by Crippen LogP contribution is 2.20. The van der Waals surface area contributed by atoms with Gasteiger partial charge in [-0.1, -0.05) is 24.3 Å². The standard InChI is InChI=1S/C15H10N2O2.ClH/c1-3-7-12-10(5-1)16-14(18-12)9-15-17-11-6-2-4-8-13(11)19-15;/h1-8H,9H2;1H. The molecule has 5 heteroatoms. The number of nitrogens with zero attached hydrogens (tertiary/aromatic N) is 2. The fourth-order valence-electron chi connectivity index (χ4n) is 2.12. The van der Waals surface area contributed by atoms with Gasteiger partial charge in [0.1, 0.15) is 17.5 Å². The van der Waals surface area contributed by atoms with Crippen molar-refractivity contribution in [1.29, 1.82) is 0 Å². The van der Waals surface area contributed by atoms with Crippen LogP contribution in [0.25, 0.3) is 22.2 Å². The molecular weight excluding hydrogens is 276 g/mol. The van der Waals surface area contributed by atoms with E-state index >= 15 is 0 Å². The molecule has 0 amide bonds. The Morgan fingerprint density at radius 3 is 1.60 bits per heavy atom. The van der Waals surface area contributed by atoms with E-state index in [9.17, 15) is 0 Å².